The number of rotatable bonds is 3. The van der Waals surface area contributed by atoms with Gasteiger partial charge >= 0.3 is 0 Å². The van der Waals surface area contributed by atoms with E-state index in [4.69, 9.17) is 0 Å². The lowest BCUT2D eigenvalue weighted by atomic mass is 10.2. The van der Waals surface area contributed by atoms with E-state index < -0.39 is 0 Å². The quantitative estimate of drug-likeness (QED) is 0.702. The van der Waals surface area contributed by atoms with Crippen molar-refractivity contribution in [2.24, 2.45) is 7.05 Å². The van der Waals surface area contributed by atoms with Crippen molar-refractivity contribution < 1.29 is 0 Å². The summed E-state index contributed by atoms with van der Waals surface area (Å²) in [7, 11) is 1.91. The van der Waals surface area contributed by atoms with Gasteiger partial charge in [-0.05, 0) is 11.6 Å². The molecule has 4 nitrogen and oxygen atoms in total. The van der Waals surface area contributed by atoms with Crippen LogP contribution < -0.4 is 0 Å². The molecular formula is C14H14N4. The highest BCUT2D eigenvalue weighted by Gasteiger charge is 2.08. The van der Waals surface area contributed by atoms with E-state index in [1.165, 1.54) is 5.56 Å². The Hall–Kier alpha value is -2.36. The minimum Gasteiger partial charge on any atom is -0.325 e. The average molecular weight is 238 g/mol. The van der Waals surface area contributed by atoms with E-state index in [-0.39, 0.29) is 0 Å². The molecule has 0 fully saturated rings. The van der Waals surface area contributed by atoms with Crippen molar-refractivity contribution in [1.29, 1.82) is 0 Å². The Kier molecular flexibility index (Phi) is 2.68. The number of imidazole rings is 1. The fourth-order valence-electron chi connectivity index (χ4n) is 1.98. The monoisotopic (exact) mass is 238 g/mol. The maximum atomic E-state index is 4.39. The Balaban J connectivity index is 1.93. The molecule has 0 aliphatic heterocycles. The molecule has 1 aromatic carbocycles. The molecule has 2 aromatic heterocycles. The van der Waals surface area contributed by atoms with Crippen molar-refractivity contribution in [2.75, 3.05) is 0 Å². The van der Waals surface area contributed by atoms with E-state index >= 15 is 0 Å². The van der Waals surface area contributed by atoms with Gasteiger partial charge in [0.05, 0.1) is 0 Å². The van der Waals surface area contributed by atoms with Crippen molar-refractivity contribution in [3.63, 3.8) is 0 Å². The Bertz CT molecular complexity index is 637. The molecule has 0 atom stereocenters. The second-order valence-corrected chi connectivity index (χ2v) is 4.24. The first kappa shape index (κ1) is 10.8. The van der Waals surface area contributed by atoms with E-state index in [1.807, 2.05) is 49.9 Å². The summed E-state index contributed by atoms with van der Waals surface area (Å²) in [6, 6.07) is 12.3. The molecule has 18 heavy (non-hydrogen) atoms. The molecule has 3 rings (SSSR count). The maximum absolute atomic E-state index is 4.39. The number of nitrogens with zero attached hydrogens (tertiary/aromatic N) is 4. The van der Waals surface area contributed by atoms with Gasteiger partial charge in [-0.3, -0.25) is 4.68 Å². The summed E-state index contributed by atoms with van der Waals surface area (Å²) in [6.07, 6.45) is 5.72. The third-order valence-electron chi connectivity index (χ3n) is 2.85. The molecule has 4 heteroatoms. The molecule has 3 aromatic rings. The van der Waals surface area contributed by atoms with Gasteiger partial charge in [-0.25, -0.2) is 4.98 Å². The van der Waals surface area contributed by atoms with E-state index in [0.29, 0.717) is 0 Å². The molecule has 0 bridgehead atoms. The first-order chi connectivity index (χ1) is 8.83. The molecule has 2 heterocycles. The normalized spacial score (nSPS) is 10.7. The number of hydrogen-bond acceptors (Lipinski definition) is 2. The molecule has 0 saturated heterocycles. The standard InChI is InChI=1S/C14H14N4/c1-17-9-7-13(16-17)14-15-8-10-18(14)11-12-5-3-2-4-6-12/h2-10H,11H2,1H3. The summed E-state index contributed by atoms with van der Waals surface area (Å²) in [5.74, 6) is 0.902. The number of hydrogen-bond donors (Lipinski definition) is 0. The van der Waals surface area contributed by atoms with Crippen LogP contribution in [0.3, 0.4) is 0 Å². The molecule has 0 radical (unpaired) electrons. The predicted octanol–water partition coefficient (Wildman–Crippen LogP) is 2.33. The zero-order valence-electron chi connectivity index (χ0n) is 10.2. The van der Waals surface area contributed by atoms with Gasteiger partial charge in [-0.1, -0.05) is 30.3 Å². The van der Waals surface area contributed by atoms with Crippen LogP contribution in [0.5, 0.6) is 0 Å². The van der Waals surface area contributed by atoms with Crippen LogP contribution in [0.4, 0.5) is 0 Å². The zero-order valence-corrected chi connectivity index (χ0v) is 10.2. The summed E-state index contributed by atoms with van der Waals surface area (Å²) in [6.45, 7) is 0.812. The van der Waals surface area contributed by atoms with Crippen LogP contribution in [-0.2, 0) is 13.6 Å². The number of aromatic nitrogens is 4. The van der Waals surface area contributed by atoms with Crippen LogP contribution in [0.15, 0.2) is 55.0 Å². The highest BCUT2D eigenvalue weighted by atomic mass is 15.3. The zero-order chi connectivity index (χ0) is 12.4. The first-order valence-electron chi connectivity index (χ1n) is 5.88. The van der Waals surface area contributed by atoms with E-state index in [2.05, 4.69) is 26.8 Å². The van der Waals surface area contributed by atoms with E-state index in [1.54, 1.807) is 4.68 Å². The molecule has 0 saturated carbocycles. The lowest BCUT2D eigenvalue weighted by molar-refractivity contribution is 0.757. The van der Waals surface area contributed by atoms with Gasteiger partial charge in [0.25, 0.3) is 0 Å². The van der Waals surface area contributed by atoms with Gasteiger partial charge in [0.15, 0.2) is 5.82 Å². The minimum absolute atomic E-state index is 0.812. The van der Waals surface area contributed by atoms with Crippen LogP contribution in [-0.4, -0.2) is 19.3 Å². The molecule has 0 amide bonds. The van der Waals surface area contributed by atoms with Crippen molar-refractivity contribution in [2.45, 2.75) is 6.54 Å². The average Bonchev–Trinajstić information content (AvgIpc) is 2.99. The molecular weight excluding hydrogens is 224 g/mol. The van der Waals surface area contributed by atoms with Crippen LogP contribution in [0.25, 0.3) is 11.5 Å². The minimum atomic E-state index is 0.812. The van der Waals surface area contributed by atoms with Crippen LogP contribution >= 0.6 is 0 Å². The van der Waals surface area contributed by atoms with Gasteiger partial charge in [-0.2, -0.15) is 5.10 Å². The third kappa shape index (κ3) is 2.05. The van der Waals surface area contributed by atoms with Gasteiger partial charge in [-0.15, -0.1) is 0 Å². The highest BCUT2D eigenvalue weighted by Crippen LogP contribution is 2.16. The lowest BCUT2D eigenvalue weighted by Gasteiger charge is -2.06. The summed E-state index contributed by atoms with van der Waals surface area (Å²) in [5, 5.41) is 4.39. The molecule has 90 valence electrons. The third-order valence-corrected chi connectivity index (χ3v) is 2.85. The molecule has 0 unspecified atom stereocenters. The summed E-state index contributed by atoms with van der Waals surface area (Å²) < 4.78 is 3.90. The van der Waals surface area contributed by atoms with E-state index in [9.17, 15) is 0 Å². The summed E-state index contributed by atoms with van der Waals surface area (Å²) in [5.41, 5.74) is 2.16. The number of benzene rings is 1. The van der Waals surface area contributed by atoms with Crippen molar-refractivity contribution >= 4 is 0 Å². The SMILES string of the molecule is Cn1ccc(-c2nccn2Cc2ccccc2)n1. The smallest absolute Gasteiger partial charge is 0.160 e. The molecule has 0 spiro atoms. The van der Waals surface area contributed by atoms with Crippen LogP contribution in [0.1, 0.15) is 5.56 Å². The topological polar surface area (TPSA) is 35.6 Å². The Morgan fingerprint density at radius 1 is 1.06 bits per heavy atom. The fourth-order valence-corrected chi connectivity index (χ4v) is 1.98. The van der Waals surface area contributed by atoms with Crippen molar-refractivity contribution in [3.05, 3.63) is 60.6 Å². The van der Waals surface area contributed by atoms with Crippen LogP contribution in [0.2, 0.25) is 0 Å². The Morgan fingerprint density at radius 3 is 2.61 bits per heavy atom. The van der Waals surface area contributed by atoms with Crippen molar-refractivity contribution in [3.8, 4) is 11.5 Å². The largest absolute Gasteiger partial charge is 0.325 e. The molecule has 0 aliphatic carbocycles. The highest BCUT2D eigenvalue weighted by molar-refractivity contribution is 5.49. The van der Waals surface area contributed by atoms with Gasteiger partial charge in [0.2, 0.25) is 0 Å². The fraction of sp³-hybridized carbons (Fsp3) is 0.143. The second-order valence-electron chi connectivity index (χ2n) is 4.24. The van der Waals surface area contributed by atoms with Gasteiger partial charge < -0.3 is 4.57 Å². The first-order valence-corrected chi connectivity index (χ1v) is 5.88. The summed E-state index contributed by atoms with van der Waals surface area (Å²) >= 11 is 0. The van der Waals surface area contributed by atoms with Crippen LogP contribution in [0, 0.1) is 0 Å². The Morgan fingerprint density at radius 2 is 1.89 bits per heavy atom. The van der Waals surface area contributed by atoms with Gasteiger partial charge in [0.1, 0.15) is 5.69 Å². The summed E-state index contributed by atoms with van der Waals surface area (Å²) in [4.78, 5) is 4.38. The number of aryl methyl sites for hydroxylation is 1. The predicted molar refractivity (Wildman–Crippen MR) is 70.0 cm³/mol. The molecule has 0 N–H and O–H groups in total. The maximum Gasteiger partial charge on any atom is 0.160 e. The Labute approximate surface area is 106 Å². The lowest BCUT2D eigenvalue weighted by Crippen LogP contribution is -2.01. The molecule has 0 aliphatic rings. The van der Waals surface area contributed by atoms with Gasteiger partial charge in [0, 0.05) is 32.2 Å². The second kappa shape index (κ2) is 4.49. The van der Waals surface area contributed by atoms with Crippen molar-refractivity contribution in [1.82, 2.24) is 19.3 Å². The van der Waals surface area contributed by atoms with E-state index in [0.717, 1.165) is 18.1 Å².